The molecule has 0 aromatic heterocycles. The summed E-state index contributed by atoms with van der Waals surface area (Å²) in [6.45, 7) is 12.7. The fourth-order valence-corrected chi connectivity index (χ4v) is 3.43. The molecular weight excluding hydrogens is 434 g/mol. The third kappa shape index (κ3) is 8.73. The second-order valence-corrected chi connectivity index (χ2v) is 8.80. The lowest BCUT2D eigenvalue weighted by molar-refractivity contribution is -0.384. The van der Waals surface area contributed by atoms with E-state index in [0.29, 0.717) is 24.0 Å². The summed E-state index contributed by atoms with van der Waals surface area (Å²) in [5.41, 5.74) is 4.66. The van der Waals surface area contributed by atoms with Gasteiger partial charge in [0, 0.05) is 42.2 Å². The van der Waals surface area contributed by atoms with Crippen molar-refractivity contribution >= 4 is 29.2 Å². The minimum atomic E-state index is -0.435. The van der Waals surface area contributed by atoms with Crippen LogP contribution in [0.25, 0.3) is 0 Å². The molecule has 2 N–H and O–H groups in total. The Morgan fingerprint density at radius 3 is 2.32 bits per heavy atom. The molecule has 0 saturated heterocycles. The van der Waals surface area contributed by atoms with Gasteiger partial charge in [0.25, 0.3) is 11.6 Å². The van der Waals surface area contributed by atoms with Crippen LogP contribution in [0.15, 0.2) is 47.6 Å². The van der Waals surface area contributed by atoms with Crippen molar-refractivity contribution in [2.75, 3.05) is 36.5 Å². The highest BCUT2D eigenvalue weighted by Gasteiger charge is 2.17. The highest BCUT2D eigenvalue weighted by Crippen LogP contribution is 2.26. The molecule has 0 heterocycles. The molecule has 0 aliphatic rings. The molecule has 0 fully saturated rings. The molecule has 2 aromatic carbocycles. The van der Waals surface area contributed by atoms with E-state index in [2.05, 4.69) is 48.4 Å². The standard InChI is InChI=1S/C25H35N5O4/c1-6-34-23-10-7-21(8-11-23)26-15-25(31)28-27-14-20-13-22(30(32)33)9-12-24(20)29(16-18(2)3)17-19(4)5/h7-14,18-19,26H,6,15-17H2,1-5H3,(H,28,31). The number of anilines is 2. The molecule has 9 heteroatoms. The largest absolute Gasteiger partial charge is 0.494 e. The van der Waals surface area contributed by atoms with Crippen LogP contribution in [-0.2, 0) is 4.79 Å². The molecule has 0 aliphatic carbocycles. The summed E-state index contributed by atoms with van der Waals surface area (Å²) >= 11 is 0. The Bertz CT molecular complexity index is 964. The Labute approximate surface area is 201 Å². The maximum atomic E-state index is 12.2. The number of ether oxygens (including phenoxy) is 1. The number of amides is 1. The number of rotatable bonds is 13. The Balaban J connectivity index is 2.10. The molecule has 0 aliphatic heterocycles. The Morgan fingerprint density at radius 2 is 1.76 bits per heavy atom. The van der Waals surface area contributed by atoms with E-state index in [0.717, 1.165) is 30.2 Å². The van der Waals surface area contributed by atoms with Gasteiger partial charge < -0.3 is 15.0 Å². The molecule has 2 rings (SSSR count). The molecule has 1 amide bonds. The highest BCUT2D eigenvalue weighted by atomic mass is 16.6. The van der Waals surface area contributed by atoms with Crippen molar-refractivity contribution in [2.24, 2.45) is 16.9 Å². The predicted molar refractivity (Wildman–Crippen MR) is 137 cm³/mol. The number of benzene rings is 2. The van der Waals surface area contributed by atoms with Crippen LogP contribution < -0.4 is 20.4 Å². The SMILES string of the molecule is CCOc1ccc(NCC(=O)NN=Cc2cc([N+](=O)[O-])ccc2N(CC(C)C)CC(C)C)cc1. The number of carbonyl (C=O) groups is 1. The fourth-order valence-electron chi connectivity index (χ4n) is 3.43. The van der Waals surface area contributed by atoms with Crippen LogP contribution in [0.3, 0.4) is 0 Å². The van der Waals surface area contributed by atoms with Crippen molar-refractivity contribution < 1.29 is 14.5 Å². The molecule has 0 bridgehead atoms. The minimum absolute atomic E-state index is 0.0252. The first-order valence-corrected chi connectivity index (χ1v) is 11.5. The number of non-ortho nitro benzene ring substituents is 1. The van der Waals surface area contributed by atoms with Gasteiger partial charge in [0.1, 0.15) is 5.75 Å². The molecule has 184 valence electrons. The molecule has 0 saturated carbocycles. The van der Waals surface area contributed by atoms with Gasteiger partial charge in [-0.2, -0.15) is 5.10 Å². The Kier molecular flexibility index (Phi) is 10.3. The topological polar surface area (TPSA) is 109 Å². The van der Waals surface area contributed by atoms with Crippen LogP contribution in [0.1, 0.15) is 40.2 Å². The predicted octanol–water partition coefficient (Wildman–Crippen LogP) is 4.67. The van der Waals surface area contributed by atoms with E-state index in [-0.39, 0.29) is 18.1 Å². The van der Waals surface area contributed by atoms with E-state index in [9.17, 15) is 14.9 Å². The number of hydrogen-bond donors (Lipinski definition) is 2. The Hall–Kier alpha value is -3.62. The van der Waals surface area contributed by atoms with Crippen molar-refractivity contribution in [1.82, 2.24) is 5.43 Å². The first kappa shape index (κ1) is 26.6. The zero-order chi connectivity index (χ0) is 25.1. The van der Waals surface area contributed by atoms with Gasteiger partial charge in [0.2, 0.25) is 0 Å². The molecular formula is C25H35N5O4. The molecule has 0 spiro atoms. The number of hydrogen-bond acceptors (Lipinski definition) is 7. The summed E-state index contributed by atoms with van der Waals surface area (Å²) in [4.78, 5) is 25.3. The van der Waals surface area contributed by atoms with Crippen molar-refractivity contribution in [2.45, 2.75) is 34.6 Å². The van der Waals surface area contributed by atoms with Crippen LogP contribution in [-0.4, -0.2) is 43.3 Å². The normalized spacial score (nSPS) is 11.1. The molecule has 0 radical (unpaired) electrons. The van der Waals surface area contributed by atoms with Gasteiger partial charge in [-0.1, -0.05) is 27.7 Å². The summed E-state index contributed by atoms with van der Waals surface area (Å²) in [7, 11) is 0. The van der Waals surface area contributed by atoms with E-state index >= 15 is 0 Å². The van der Waals surface area contributed by atoms with Gasteiger partial charge >= 0.3 is 0 Å². The van der Waals surface area contributed by atoms with Crippen LogP contribution in [0.5, 0.6) is 5.75 Å². The van der Waals surface area contributed by atoms with Gasteiger partial charge in [-0.25, -0.2) is 5.43 Å². The van der Waals surface area contributed by atoms with Crippen molar-refractivity contribution in [3.05, 3.63) is 58.1 Å². The number of carbonyl (C=O) groups excluding carboxylic acids is 1. The maximum Gasteiger partial charge on any atom is 0.270 e. The summed E-state index contributed by atoms with van der Waals surface area (Å²) in [5.74, 6) is 1.25. The summed E-state index contributed by atoms with van der Waals surface area (Å²) in [6.07, 6.45) is 1.46. The number of nitrogens with one attached hydrogen (secondary N) is 2. The summed E-state index contributed by atoms with van der Waals surface area (Å²) in [6, 6.07) is 12.0. The van der Waals surface area contributed by atoms with Gasteiger partial charge in [0.15, 0.2) is 0 Å². The lowest BCUT2D eigenvalue weighted by Crippen LogP contribution is -2.32. The van der Waals surface area contributed by atoms with E-state index in [1.807, 2.05) is 31.2 Å². The first-order valence-electron chi connectivity index (χ1n) is 11.5. The van der Waals surface area contributed by atoms with Gasteiger partial charge in [-0.3, -0.25) is 14.9 Å². The minimum Gasteiger partial charge on any atom is -0.494 e. The molecule has 0 atom stereocenters. The third-order valence-corrected chi connectivity index (χ3v) is 4.74. The Morgan fingerprint density at radius 1 is 1.12 bits per heavy atom. The quantitative estimate of drug-likeness (QED) is 0.251. The van der Waals surface area contributed by atoms with Crippen molar-refractivity contribution in [1.29, 1.82) is 0 Å². The van der Waals surface area contributed by atoms with E-state index < -0.39 is 4.92 Å². The first-order chi connectivity index (χ1) is 16.2. The number of nitro benzene ring substituents is 1. The lowest BCUT2D eigenvalue weighted by Gasteiger charge is -2.29. The van der Waals surface area contributed by atoms with Gasteiger partial charge in [0.05, 0.1) is 24.3 Å². The van der Waals surface area contributed by atoms with Gasteiger partial charge in [-0.15, -0.1) is 0 Å². The third-order valence-electron chi connectivity index (χ3n) is 4.74. The van der Waals surface area contributed by atoms with Crippen LogP contribution in [0.4, 0.5) is 17.1 Å². The zero-order valence-electron chi connectivity index (χ0n) is 20.6. The van der Waals surface area contributed by atoms with Crippen LogP contribution in [0.2, 0.25) is 0 Å². The summed E-state index contributed by atoms with van der Waals surface area (Å²) in [5, 5.41) is 18.4. The average molecular weight is 470 g/mol. The number of nitro groups is 1. The van der Waals surface area contributed by atoms with E-state index in [1.165, 1.54) is 18.3 Å². The average Bonchev–Trinajstić information content (AvgIpc) is 2.77. The van der Waals surface area contributed by atoms with Gasteiger partial charge in [-0.05, 0) is 49.1 Å². The van der Waals surface area contributed by atoms with E-state index in [4.69, 9.17) is 4.74 Å². The molecule has 9 nitrogen and oxygen atoms in total. The number of hydrazone groups is 1. The zero-order valence-corrected chi connectivity index (χ0v) is 20.6. The second-order valence-electron chi connectivity index (χ2n) is 8.80. The van der Waals surface area contributed by atoms with Crippen LogP contribution >= 0.6 is 0 Å². The molecule has 0 unspecified atom stereocenters. The lowest BCUT2D eigenvalue weighted by atomic mass is 10.1. The van der Waals surface area contributed by atoms with Crippen molar-refractivity contribution in [3.8, 4) is 5.75 Å². The smallest absolute Gasteiger partial charge is 0.270 e. The fraction of sp³-hybridized carbons (Fsp3) is 0.440. The monoisotopic (exact) mass is 469 g/mol. The summed E-state index contributed by atoms with van der Waals surface area (Å²) < 4.78 is 5.40. The van der Waals surface area contributed by atoms with Crippen molar-refractivity contribution in [3.63, 3.8) is 0 Å². The maximum absolute atomic E-state index is 12.2. The molecule has 34 heavy (non-hydrogen) atoms. The highest BCUT2D eigenvalue weighted by molar-refractivity contribution is 5.90. The van der Waals surface area contributed by atoms with Crippen LogP contribution in [0, 0.1) is 22.0 Å². The second kappa shape index (κ2) is 13.2. The molecule has 2 aromatic rings. The number of nitrogens with zero attached hydrogens (tertiary/aromatic N) is 3. The van der Waals surface area contributed by atoms with E-state index in [1.54, 1.807) is 6.07 Å².